The van der Waals surface area contributed by atoms with Gasteiger partial charge in [-0.3, -0.25) is 24.3 Å². The van der Waals surface area contributed by atoms with Crippen LogP contribution in [0.2, 0.25) is 0 Å². The van der Waals surface area contributed by atoms with Crippen LogP contribution in [0.15, 0.2) is 82.7 Å². The van der Waals surface area contributed by atoms with E-state index in [0.717, 1.165) is 17.3 Å². The predicted molar refractivity (Wildman–Crippen MR) is 125 cm³/mol. The zero-order chi connectivity index (χ0) is 22.7. The van der Waals surface area contributed by atoms with Gasteiger partial charge in [0.1, 0.15) is 0 Å². The third-order valence-electron chi connectivity index (χ3n) is 4.77. The fraction of sp³-hybridized carbons (Fsp3) is 0.0870. The van der Waals surface area contributed by atoms with Crippen LogP contribution in [0.5, 0.6) is 0 Å². The first-order valence-corrected chi connectivity index (χ1v) is 10.7. The minimum Gasteiger partial charge on any atom is -0.325 e. The molecule has 4 rings (SSSR count). The van der Waals surface area contributed by atoms with E-state index < -0.39 is 4.92 Å². The number of aryl methyl sites for hydroxylation is 1. The van der Waals surface area contributed by atoms with Gasteiger partial charge in [-0.25, -0.2) is 4.98 Å². The summed E-state index contributed by atoms with van der Waals surface area (Å²) in [6, 6.07) is 20.3. The summed E-state index contributed by atoms with van der Waals surface area (Å²) in [5.41, 5.74) is 2.13. The van der Waals surface area contributed by atoms with Crippen molar-refractivity contribution in [3.63, 3.8) is 0 Å². The summed E-state index contributed by atoms with van der Waals surface area (Å²) in [6.45, 7) is 1.90. The van der Waals surface area contributed by atoms with Crippen molar-refractivity contribution < 1.29 is 9.72 Å². The molecule has 160 valence electrons. The van der Waals surface area contributed by atoms with Gasteiger partial charge in [-0.05, 0) is 36.8 Å². The molecular weight excluding hydrogens is 428 g/mol. The van der Waals surface area contributed by atoms with E-state index in [1.54, 1.807) is 30.3 Å². The minimum atomic E-state index is -0.524. The SMILES string of the molecule is Cc1ccccc1-n1c(SCC(=O)Nc2cccc([N+](=O)[O-])c2)nc2ccccc2c1=O. The number of carbonyl (C=O) groups excluding carboxylic acids is 1. The molecular formula is C23H18N4O4S. The van der Waals surface area contributed by atoms with Gasteiger partial charge < -0.3 is 5.32 Å². The van der Waals surface area contributed by atoms with Crippen LogP contribution in [0, 0.1) is 17.0 Å². The maximum absolute atomic E-state index is 13.3. The number of aromatic nitrogens is 2. The van der Waals surface area contributed by atoms with E-state index in [0.29, 0.717) is 27.4 Å². The summed E-state index contributed by atoms with van der Waals surface area (Å²) < 4.78 is 1.52. The van der Waals surface area contributed by atoms with Crippen LogP contribution >= 0.6 is 11.8 Å². The molecule has 32 heavy (non-hydrogen) atoms. The highest BCUT2D eigenvalue weighted by molar-refractivity contribution is 7.99. The highest BCUT2D eigenvalue weighted by atomic mass is 32.2. The number of nitrogens with one attached hydrogen (secondary N) is 1. The Morgan fingerprint density at radius 2 is 1.84 bits per heavy atom. The van der Waals surface area contributed by atoms with Crippen LogP contribution in [0.25, 0.3) is 16.6 Å². The summed E-state index contributed by atoms with van der Waals surface area (Å²) >= 11 is 1.12. The Kier molecular flexibility index (Phi) is 6.00. The van der Waals surface area contributed by atoms with Crippen molar-refractivity contribution in [3.8, 4) is 5.69 Å². The molecule has 0 unspecified atom stereocenters. The maximum Gasteiger partial charge on any atom is 0.271 e. The molecule has 0 bridgehead atoms. The quantitative estimate of drug-likeness (QED) is 0.204. The number of anilines is 1. The second-order valence-electron chi connectivity index (χ2n) is 6.98. The number of hydrogen-bond donors (Lipinski definition) is 1. The third kappa shape index (κ3) is 4.37. The van der Waals surface area contributed by atoms with Gasteiger partial charge in [-0.2, -0.15) is 0 Å². The molecule has 1 heterocycles. The normalized spacial score (nSPS) is 10.8. The first-order valence-electron chi connectivity index (χ1n) is 9.69. The predicted octanol–water partition coefficient (Wildman–Crippen LogP) is 4.33. The van der Waals surface area contributed by atoms with E-state index in [-0.39, 0.29) is 22.9 Å². The standard InChI is InChI=1S/C23H18N4O4S/c1-15-7-2-5-12-20(15)26-22(29)18-10-3-4-11-19(18)25-23(26)32-14-21(28)24-16-8-6-9-17(13-16)27(30)31/h2-13H,14H2,1H3,(H,24,28). The van der Waals surface area contributed by atoms with Gasteiger partial charge in [0.15, 0.2) is 5.16 Å². The molecule has 0 aliphatic heterocycles. The van der Waals surface area contributed by atoms with Gasteiger partial charge in [0, 0.05) is 17.8 Å². The van der Waals surface area contributed by atoms with E-state index in [4.69, 9.17) is 0 Å². The number of hydrogen-bond acceptors (Lipinski definition) is 6. The molecule has 0 aliphatic carbocycles. The summed E-state index contributed by atoms with van der Waals surface area (Å²) in [5, 5.41) is 14.5. The van der Waals surface area contributed by atoms with E-state index in [1.165, 1.54) is 22.8 Å². The van der Waals surface area contributed by atoms with Crippen molar-refractivity contribution in [1.29, 1.82) is 0 Å². The van der Waals surface area contributed by atoms with Crippen molar-refractivity contribution in [3.05, 3.63) is 98.8 Å². The van der Waals surface area contributed by atoms with Crippen LogP contribution in [0.4, 0.5) is 11.4 Å². The molecule has 1 aromatic heterocycles. The molecule has 0 atom stereocenters. The van der Waals surface area contributed by atoms with E-state index in [9.17, 15) is 19.7 Å². The van der Waals surface area contributed by atoms with Crippen LogP contribution in [-0.4, -0.2) is 26.1 Å². The number of rotatable bonds is 6. The fourth-order valence-corrected chi connectivity index (χ4v) is 4.07. The fourth-order valence-electron chi connectivity index (χ4n) is 3.26. The maximum atomic E-state index is 13.3. The molecule has 0 aliphatic rings. The van der Waals surface area contributed by atoms with Gasteiger partial charge in [-0.1, -0.05) is 48.2 Å². The molecule has 3 aromatic carbocycles. The Morgan fingerprint density at radius 3 is 2.62 bits per heavy atom. The molecule has 1 amide bonds. The molecule has 0 fully saturated rings. The topological polar surface area (TPSA) is 107 Å². The lowest BCUT2D eigenvalue weighted by Crippen LogP contribution is -2.23. The summed E-state index contributed by atoms with van der Waals surface area (Å²) in [5.74, 6) is -0.395. The zero-order valence-electron chi connectivity index (χ0n) is 17.0. The van der Waals surface area contributed by atoms with Crippen molar-refractivity contribution in [2.45, 2.75) is 12.1 Å². The van der Waals surface area contributed by atoms with Gasteiger partial charge in [0.25, 0.3) is 11.2 Å². The minimum absolute atomic E-state index is 0.0284. The number of fused-ring (bicyclic) bond motifs is 1. The number of benzene rings is 3. The number of amides is 1. The lowest BCUT2D eigenvalue weighted by Gasteiger charge is -2.15. The van der Waals surface area contributed by atoms with Crippen molar-refractivity contribution in [2.24, 2.45) is 0 Å². The number of non-ortho nitro benzene ring substituents is 1. The highest BCUT2D eigenvalue weighted by Gasteiger charge is 2.16. The number of nitrogens with zero attached hydrogens (tertiary/aromatic N) is 3. The van der Waals surface area contributed by atoms with Gasteiger partial charge in [0.2, 0.25) is 5.91 Å². The molecule has 0 radical (unpaired) electrons. The Balaban J connectivity index is 1.65. The first-order chi connectivity index (χ1) is 15.4. The number of nitro benzene ring substituents is 1. The number of carbonyl (C=O) groups is 1. The second kappa shape index (κ2) is 9.03. The smallest absolute Gasteiger partial charge is 0.271 e. The van der Waals surface area contributed by atoms with Crippen LogP contribution < -0.4 is 10.9 Å². The Hall–Kier alpha value is -3.98. The molecule has 9 heteroatoms. The molecule has 0 spiro atoms. The Labute approximate surface area is 187 Å². The van der Waals surface area contributed by atoms with Crippen LogP contribution in [0.1, 0.15) is 5.56 Å². The van der Waals surface area contributed by atoms with Crippen molar-refractivity contribution in [2.75, 3.05) is 11.1 Å². The van der Waals surface area contributed by atoms with Crippen molar-refractivity contribution >= 4 is 39.9 Å². The lowest BCUT2D eigenvalue weighted by molar-refractivity contribution is -0.384. The average molecular weight is 446 g/mol. The summed E-state index contributed by atoms with van der Waals surface area (Å²) in [4.78, 5) is 40.8. The largest absolute Gasteiger partial charge is 0.325 e. The van der Waals surface area contributed by atoms with Gasteiger partial charge in [-0.15, -0.1) is 0 Å². The molecule has 0 saturated heterocycles. The molecule has 1 N–H and O–H groups in total. The number of thioether (sulfide) groups is 1. The first kappa shape index (κ1) is 21.3. The third-order valence-corrected chi connectivity index (χ3v) is 5.71. The Bertz CT molecular complexity index is 1400. The van der Waals surface area contributed by atoms with E-state index >= 15 is 0 Å². The van der Waals surface area contributed by atoms with Crippen LogP contribution in [0.3, 0.4) is 0 Å². The van der Waals surface area contributed by atoms with E-state index in [1.807, 2.05) is 31.2 Å². The number of para-hydroxylation sites is 2. The number of nitro groups is 1. The summed E-state index contributed by atoms with van der Waals surface area (Å²) in [6.07, 6.45) is 0. The van der Waals surface area contributed by atoms with Gasteiger partial charge in [0.05, 0.1) is 27.3 Å². The average Bonchev–Trinajstić information content (AvgIpc) is 2.79. The lowest BCUT2D eigenvalue weighted by atomic mass is 10.2. The van der Waals surface area contributed by atoms with Crippen LogP contribution in [-0.2, 0) is 4.79 Å². The Morgan fingerprint density at radius 1 is 1.09 bits per heavy atom. The molecule has 0 saturated carbocycles. The van der Waals surface area contributed by atoms with E-state index in [2.05, 4.69) is 10.3 Å². The second-order valence-corrected chi connectivity index (χ2v) is 7.93. The molecule has 8 nitrogen and oxygen atoms in total. The van der Waals surface area contributed by atoms with Crippen molar-refractivity contribution in [1.82, 2.24) is 9.55 Å². The zero-order valence-corrected chi connectivity index (χ0v) is 17.8. The monoisotopic (exact) mass is 446 g/mol. The highest BCUT2D eigenvalue weighted by Crippen LogP contribution is 2.24. The van der Waals surface area contributed by atoms with Gasteiger partial charge >= 0.3 is 0 Å². The summed E-state index contributed by atoms with van der Waals surface area (Å²) in [7, 11) is 0. The molecule has 4 aromatic rings.